The Hall–Kier alpha value is -1.22. The molecule has 0 aliphatic heterocycles. The summed E-state index contributed by atoms with van der Waals surface area (Å²) in [6.07, 6.45) is 0.729. The Bertz CT molecular complexity index is 304. The Labute approximate surface area is 83.1 Å². The van der Waals surface area contributed by atoms with Crippen LogP contribution in [-0.4, -0.2) is 18.9 Å². The molecular formula is C11H14FNO. The number of carbonyl (C=O) groups is 1. The van der Waals surface area contributed by atoms with Gasteiger partial charge in [0.15, 0.2) is 5.78 Å². The monoisotopic (exact) mass is 195 g/mol. The van der Waals surface area contributed by atoms with Gasteiger partial charge in [-0.1, -0.05) is 6.92 Å². The maximum Gasteiger partial charge on any atom is 0.179 e. The molecule has 1 rings (SSSR count). The number of nitrogens with one attached hydrogen (secondary N) is 1. The third kappa shape index (κ3) is 2.39. The van der Waals surface area contributed by atoms with Crippen molar-refractivity contribution >= 4 is 5.78 Å². The first-order valence-corrected chi connectivity index (χ1v) is 4.66. The molecule has 1 aromatic carbocycles. The highest BCUT2D eigenvalue weighted by molar-refractivity contribution is 6.00. The summed E-state index contributed by atoms with van der Waals surface area (Å²) in [5.41, 5.74) is 0.549. The van der Waals surface area contributed by atoms with Crippen molar-refractivity contribution in [1.29, 1.82) is 0 Å². The lowest BCUT2D eigenvalue weighted by molar-refractivity contribution is 0.0945. The Morgan fingerprint density at radius 1 is 1.43 bits per heavy atom. The fourth-order valence-corrected chi connectivity index (χ4v) is 1.34. The van der Waals surface area contributed by atoms with E-state index in [1.165, 1.54) is 24.3 Å². The first-order chi connectivity index (χ1) is 6.69. The van der Waals surface area contributed by atoms with Gasteiger partial charge < -0.3 is 5.32 Å². The summed E-state index contributed by atoms with van der Waals surface area (Å²) < 4.78 is 12.6. The van der Waals surface area contributed by atoms with E-state index >= 15 is 0 Å². The SMILES string of the molecule is CCC(NC)C(=O)c1ccc(F)cc1. The van der Waals surface area contributed by atoms with Gasteiger partial charge in [-0.3, -0.25) is 4.79 Å². The maximum atomic E-state index is 12.6. The van der Waals surface area contributed by atoms with Crippen LogP contribution in [-0.2, 0) is 0 Å². The van der Waals surface area contributed by atoms with Crippen LogP contribution in [0.1, 0.15) is 23.7 Å². The molecule has 0 amide bonds. The van der Waals surface area contributed by atoms with Gasteiger partial charge in [0.25, 0.3) is 0 Å². The number of hydrogen-bond donors (Lipinski definition) is 1. The average molecular weight is 195 g/mol. The van der Waals surface area contributed by atoms with Crippen molar-refractivity contribution < 1.29 is 9.18 Å². The zero-order chi connectivity index (χ0) is 10.6. The Balaban J connectivity index is 2.83. The van der Waals surface area contributed by atoms with E-state index in [4.69, 9.17) is 0 Å². The number of halogens is 1. The smallest absolute Gasteiger partial charge is 0.179 e. The largest absolute Gasteiger partial charge is 0.310 e. The van der Waals surface area contributed by atoms with E-state index in [1.807, 2.05) is 6.92 Å². The van der Waals surface area contributed by atoms with Crippen LogP contribution in [0.4, 0.5) is 4.39 Å². The van der Waals surface area contributed by atoms with Gasteiger partial charge in [-0.05, 0) is 37.7 Å². The van der Waals surface area contributed by atoms with Crippen LogP contribution >= 0.6 is 0 Å². The molecule has 0 aromatic heterocycles. The molecule has 0 aliphatic carbocycles. The van der Waals surface area contributed by atoms with Gasteiger partial charge in [-0.2, -0.15) is 0 Å². The highest BCUT2D eigenvalue weighted by Gasteiger charge is 2.15. The van der Waals surface area contributed by atoms with E-state index in [-0.39, 0.29) is 17.6 Å². The molecule has 0 saturated carbocycles. The molecule has 0 saturated heterocycles. The van der Waals surface area contributed by atoms with Gasteiger partial charge >= 0.3 is 0 Å². The fraction of sp³-hybridized carbons (Fsp3) is 0.364. The summed E-state index contributed by atoms with van der Waals surface area (Å²) in [6.45, 7) is 1.93. The van der Waals surface area contributed by atoms with Gasteiger partial charge in [0.05, 0.1) is 6.04 Å². The minimum atomic E-state index is -0.320. The Morgan fingerprint density at radius 3 is 2.43 bits per heavy atom. The molecule has 14 heavy (non-hydrogen) atoms. The number of ketones is 1. The van der Waals surface area contributed by atoms with Gasteiger partial charge in [0, 0.05) is 5.56 Å². The quantitative estimate of drug-likeness (QED) is 0.744. The number of Topliss-reactive ketones (excluding diaryl/α,β-unsaturated/α-hetero) is 1. The average Bonchev–Trinajstić information content (AvgIpc) is 2.20. The van der Waals surface area contributed by atoms with Gasteiger partial charge in [0.2, 0.25) is 0 Å². The summed E-state index contributed by atoms with van der Waals surface area (Å²) in [5.74, 6) is -0.311. The Kier molecular flexibility index (Phi) is 3.77. The topological polar surface area (TPSA) is 29.1 Å². The van der Waals surface area contributed by atoms with Crippen LogP contribution in [0.2, 0.25) is 0 Å². The lowest BCUT2D eigenvalue weighted by Gasteiger charge is -2.11. The standard InChI is InChI=1S/C11H14FNO/c1-3-10(13-2)11(14)8-4-6-9(12)7-5-8/h4-7,10,13H,3H2,1-2H3. The molecule has 1 atom stereocenters. The van der Waals surface area contributed by atoms with E-state index < -0.39 is 0 Å². The second-order valence-electron chi connectivity index (χ2n) is 3.12. The molecule has 0 bridgehead atoms. The van der Waals surface area contributed by atoms with Crippen LogP contribution in [0, 0.1) is 5.82 Å². The minimum Gasteiger partial charge on any atom is -0.310 e. The lowest BCUT2D eigenvalue weighted by atomic mass is 10.0. The van der Waals surface area contributed by atoms with Crippen LogP contribution in [0.5, 0.6) is 0 Å². The predicted molar refractivity (Wildman–Crippen MR) is 53.9 cm³/mol. The lowest BCUT2D eigenvalue weighted by Crippen LogP contribution is -2.33. The second-order valence-corrected chi connectivity index (χ2v) is 3.12. The van der Waals surface area contributed by atoms with Gasteiger partial charge in [-0.25, -0.2) is 4.39 Å². The molecule has 0 heterocycles. The summed E-state index contributed by atoms with van der Waals surface area (Å²) in [6, 6.07) is 5.45. The number of benzene rings is 1. The molecule has 0 spiro atoms. The van der Waals surface area contributed by atoms with E-state index in [9.17, 15) is 9.18 Å². The third-order valence-corrected chi connectivity index (χ3v) is 2.20. The second kappa shape index (κ2) is 4.86. The van der Waals surface area contributed by atoms with Crippen molar-refractivity contribution in [2.24, 2.45) is 0 Å². The summed E-state index contributed by atoms with van der Waals surface area (Å²) in [4.78, 5) is 11.7. The third-order valence-electron chi connectivity index (χ3n) is 2.20. The van der Waals surface area contributed by atoms with Crippen molar-refractivity contribution in [3.63, 3.8) is 0 Å². The first kappa shape index (κ1) is 10.9. The number of carbonyl (C=O) groups excluding carboxylic acids is 1. The molecule has 2 nitrogen and oxygen atoms in total. The van der Waals surface area contributed by atoms with Crippen molar-refractivity contribution in [2.75, 3.05) is 7.05 Å². The van der Waals surface area contributed by atoms with Crippen LogP contribution in [0.3, 0.4) is 0 Å². The summed E-state index contributed by atoms with van der Waals surface area (Å²) >= 11 is 0. The zero-order valence-corrected chi connectivity index (χ0v) is 8.38. The molecule has 0 fully saturated rings. The van der Waals surface area contributed by atoms with Crippen LogP contribution in [0.25, 0.3) is 0 Å². The van der Waals surface area contributed by atoms with Gasteiger partial charge in [-0.15, -0.1) is 0 Å². The molecule has 0 aliphatic rings. The van der Waals surface area contributed by atoms with Crippen molar-refractivity contribution in [3.8, 4) is 0 Å². The van der Waals surface area contributed by atoms with Crippen molar-refractivity contribution in [2.45, 2.75) is 19.4 Å². The first-order valence-electron chi connectivity index (χ1n) is 4.66. The molecule has 0 radical (unpaired) electrons. The normalized spacial score (nSPS) is 12.5. The molecule has 1 aromatic rings. The van der Waals surface area contributed by atoms with E-state index in [2.05, 4.69) is 5.32 Å². The molecule has 76 valence electrons. The number of likely N-dealkylation sites (N-methyl/N-ethyl adjacent to an activating group) is 1. The number of rotatable bonds is 4. The molecule has 3 heteroatoms. The fourth-order valence-electron chi connectivity index (χ4n) is 1.34. The summed E-state index contributed by atoms with van der Waals surface area (Å²) in [5, 5.41) is 2.92. The highest BCUT2D eigenvalue weighted by Crippen LogP contribution is 2.07. The summed E-state index contributed by atoms with van der Waals surface area (Å²) in [7, 11) is 1.75. The molecule has 1 unspecified atom stereocenters. The van der Waals surface area contributed by atoms with E-state index in [1.54, 1.807) is 7.05 Å². The zero-order valence-electron chi connectivity index (χ0n) is 8.38. The van der Waals surface area contributed by atoms with Crippen molar-refractivity contribution in [1.82, 2.24) is 5.32 Å². The van der Waals surface area contributed by atoms with Gasteiger partial charge in [0.1, 0.15) is 5.82 Å². The predicted octanol–water partition coefficient (Wildman–Crippen LogP) is 2.01. The maximum absolute atomic E-state index is 12.6. The number of hydrogen-bond acceptors (Lipinski definition) is 2. The van der Waals surface area contributed by atoms with E-state index in [0.717, 1.165) is 6.42 Å². The van der Waals surface area contributed by atoms with Crippen LogP contribution < -0.4 is 5.32 Å². The Morgan fingerprint density at radius 2 is 2.00 bits per heavy atom. The van der Waals surface area contributed by atoms with E-state index in [0.29, 0.717) is 5.56 Å². The van der Waals surface area contributed by atoms with Crippen molar-refractivity contribution in [3.05, 3.63) is 35.6 Å². The highest BCUT2D eigenvalue weighted by atomic mass is 19.1. The molecule has 1 N–H and O–H groups in total. The minimum absolute atomic E-state index is 0.00926. The molecular weight excluding hydrogens is 181 g/mol. The van der Waals surface area contributed by atoms with Crippen LogP contribution in [0.15, 0.2) is 24.3 Å².